The standard InChI is InChI=1S/C10H14N2O4S/c1-2-17(15,16)6-5-11-10(14)8-3-4-9(13)12-7-8/h3-4,7H,2,5-6H2,1H3,(H,11,14)(H,12,13). The summed E-state index contributed by atoms with van der Waals surface area (Å²) in [4.78, 5) is 24.6. The lowest BCUT2D eigenvalue weighted by Crippen LogP contribution is -2.30. The number of H-pyrrole nitrogens is 1. The Bertz CT molecular complexity index is 527. The summed E-state index contributed by atoms with van der Waals surface area (Å²) in [5, 5.41) is 2.47. The van der Waals surface area contributed by atoms with E-state index in [1.807, 2.05) is 0 Å². The van der Waals surface area contributed by atoms with Gasteiger partial charge in [-0.15, -0.1) is 0 Å². The molecule has 0 saturated heterocycles. The van der Waals surface area contributed by atoms with Gasteiger partial charge in [-0.25, -0.2) is 8.42 Å². The summed E-state index contributed by atoms with van der Waals surface area (Å²) in [6, 6.07) is 2.61. The SMILES string of the molecule is CCS(=O)(=O)CCNC(=O)c1ccc(=O)[nH]c1. The Morgan fingerprint density at radius 1 is 1.41 bits per heavy atom. The second kappa shape index (κ2) is 5.62. The maximum Gasteiger partial charge on any atom is 0.252 e. The number of aromatic nitrogens is 1. The van der Waals surface area contributed by atoms with Crippen LogP contribution in [0.5, 0.6) is 0 Å². The minimum atomic E-state index is -3.08. The van der Waals surface area contributed by atoms with Crippen molar-refractivity contribution in [3.63, 3.8) is 0 Å². The Morgan fingerprint density at radius 2 is 2.12 bits per heavy atom. The summed E-state index contributed by atoms with van der Waals surface area (Å²) in [5.74, 6) is -0.437. The monoisotopic (exact) mass is 258 g/mol. The van der Waals surface area contributed by atoms with Crippen LogP contribution < -0.4 is 10.9 Å². The van der Waals surface area contributed by atoms with Crippen molar-refractivity contribution in [2.45, 2.75) is 6.92 Å². The number of carbonyl (C=O) groups is 1. The van der Waals surface area contributed by atoms with Gasteiger partial charge in [0.05, 0.1) is 11.3 Å². The summed E-state index contributed by atoms with van der Waals surface area (Å²) >= 11 is 0. The third-order valence-corrected chi connectivity index (χ3v) is 3.89. The molecule has 0 atom stereocenters. The number of hydrogen-bond acceptors (Lipinski definition) is 4. The molecule has 0 aliphatic heterocycles. The highest BCUT2D eigenvalue weighted by molar-refractivity contribution is 7.91. The van der Waals surface area contributed by atoms with Gasteiger partial charge in [-0.1, -0.05) is 6.92 Å². The van der Waals surface area contributed by atoms with Gasteiger partial charge in [-0.3, -0.25) is 9.59 Å². The molecule has 17 heavy (non-hydrogen) atoms. The van der Waals surface area contributed by atoms with Crippen molar-refractivity contribution >= 4 is 15.7 Å². The lowest BCUT2D eigenvalue weighted by molar-refractivity contribution is 0.0955. The predicted octanol–water partition coefficient (Wildman–Crippen LogP) is -0.461. The second-order valence-electron chi connectivity index (χ2n) is 3.43. The van der Waals surface area contributed by atoms with Gasteiger partial charge in [0, 0.05) is 24.6 Å². The van der Waals surface area contributed by atoms with E-state index in [-0.39, 0.29) is 23.6 Å². The quantitative estimate of drug-likeness (QED) is 0.747. The summed E-state index contributed by atoms with van der Waals surface area (Å²) < 4.78 is 22.3. The van der Waals surface area contributed by atoms with Gasteiger partial charge in [-0.05, 0) is 6.07 Å². The van der Waals surface area contributed by atoms with E-state index in [0.29, 0.717) is 5.56 Å². The Labute approximate surface area is 99.0 Å². The van der Waals surface area contributed by atoms with E-state index in [1.165, 1.54) is 18.3 Å². The van der Waals surface area contributed by atoms with Gasteiger partial charge in [0.25, 0.3) is 5.91 Å². The van der Waals surface area contributed by atoms with Crippen molar-refractivity contribution in [3.05, 3.63) is 34.2 Å². The summed E-state index contributed by atoms with van der Waals surface area (Å²) in [7, 11) is -3.08. The van der Waals surface area contributed by atoms with E-state index in [1.54, 1.807) is 6.92 Å². The van der Waals surface area contributed by atoms with Crippen LogP contribution in [-0.2, 0) is 9.84 Å². The van der Waals surface area contributed by atoms with Gasteiger partial charge in [0.15, 0.2) is 9.84 Å². The number of sulfone groups is 1. The lowest BCUT2D eigenvalue weighted by Gasteiger charge is -2.04. The summed E-state index contributed by atoms with van der Waals surface area (Å²) in [6.45, 7) is 1.62. The topological polar surface area (TPSA) is 96.1 Å². The number of hydrogen-bond donors (Lipinski definition) is 2. The molecule has 0 spiro atoms. The molecule has 1 amide bonds. The third kappa shape index (κ3) is 4.39. The van der Waals surface area contributed by atoms with Crippen molar-refractivity contribution in [1.82, 2.24) is 10.3 Å². The van der Waals surface area contributed by atoms with Gasteiger partial charge in [0.1, 0.15) is 0 Å². The van der Waals surface area contributed by atoms with Crippen molar-refractivity contribution in [2.24, 2.45) is 0 Å². The largest absolute Gasteiger partial charge is 0.351 e. The zero-order chi connectivity index (χ0) is 12.9. The minimum absolute atomic E-state index is 0.0571. The van der Waals surface area contributed by atoms with Gasteiger partial charge < -0.3 is 10.3 Å². The number of amides is 1. The summed E-state index contributed by atoms with van der Waals surface area (Å²) in [5.41, 5.74) is -0.00592. The lowest BCUT2D eigenvalue weighted by atomic mass is 10.3. The Balaban J connectivity index is 2.51. The fourth-order valence-corrected chi connectivity index (χ4v) is 1.82. The van der Waals surface area contributed by atoms with Crippen LogP contribution in [0.25, 0.3) is 0 Å². The number of carbonyl (C=O) groups excluding carboxylic acids is 1. The number of nitrogens with one attached hydrogen (secondary N) is 2. The highest BCUT2D eigenvalue weighted by Crippen LogP contribution is 1.93. The minimum Gasteiger partial charge on any atom is -0.351 e. The first kappa shape index (κ1) is 13.4. The Hall–Kier alpha value is -1.63. The van der Waals surface area contributed by atoms with Crippen molar-refractivity contribution in [2.75, 3.05) is 18.1 Å². The molecule has 1 heterocycles. The second-order valence-corrected chi connectivity index (χ2v) is 5.91. The van der Waals surface area contributed by atoms with E-state index >= 15 is 0 Å². The van der Waals surface area contributed by atoms with Crippen molar-refractivity contribution in [3.8, 4) is 0 Å². The maximum atomic E-state index is 11.5. The molecule has 1 aromatic heterocycles. The third-order valence-electron chi connectivity index (χ3n) is 2.18. The number of rotatable bonds is 5. The molecule has 1 aromatic rings. The summed E-state index contributed by atoms with van der Waals surface area (Å²) in [6.07, 6.45) is 1.28. The maximum absolute atomic E-state index is 11.5. The van der Waals surface area contributed by atoms with E-state index in [9.17, 15) is 18.0 Å². The first-order valence-corrected chi connectivity index (χ1v) is 6.94. The van der Waals surface area contributed by atoms with Crippen LogP contribution in [0.4, 0.5) is 0 Å². The molecular weight excluding hydrogens is 244 g/mol. The number of aromatic amines is 1. The molecule has 2 N–H and O–H groups in total. The smallest absolute Gasteiger partial charge is 0.252 e. The molecule has 0 aliphatic rings. The van der Waals surface area contributed by atoms with E-state index < -0.39 is 15.7 Å². The van der Waals surface area contributed by atoms with Crippen LogP contribution in [0.15, 0.2) is 23.1 Å². The van der Waals surface area contributed by atoms with E-state index in [4.69, 9.17) is 0 Å². The zero-order valence-corrected chi connectivity index (χ0v) is 10.2. The molecule has 0 aromatic carbocycles. The Kier molecular flexibility index (Phi) is 4.45. The van der Waals surface area contributed by atoms with E-state index in [2.05, 4.69) is 10.3 Å². The average Bonchev–Trinajstić information content (AvgIpc) is 2.29. The molecular formula is C10H14N2O4S. The molecule has 0 unspecified atom stereocenters. The molecule has 7 heteroatoms. The van der Waals surface area contributed by atoms with Crippen LogP contribution >= 0.6 is 0 Å². The predicted molar refractivity (Wildman–Crippen MR) is 63.7 cm³/mol. The Morgan fingerprint density at radius 3 is 2.65 bits per heavy atom. The fraction of sp³-hybridized carbons (Fsp3) is 0.400. The molecule has 6 nitrogen and oxygen atoms in total. The van der Waals surface area contributed by atoms with Crippen LogP contribution in [0.2, 0.25) is 0 Å². The number of pyridine rings is 1. The molecule has 0 aliphatic carbocycles. The molecule has 1 rings (SSSR count). The normalized spacial score (nSPS) is 11.1. The van der Waals surface area contributed by atoms with Crippen molar-refractivity contribution < 1.29 is 13.2 Å². The fourth-order valence-electron chi connectivity index (χ4n) is 1.12. The van der Waals surface area contributed by atoms with Crippen molar-refractivity contribution in [1.29, 1.82) is 0 Å². The van der Waals surface area contributed by atoms with Gasteiger partial charge in [-0.2, -0.15) is 0 Å². The molecule has 0 fully saturated rings. The molecule has 94 valence electrons. The highest BCUT2D eigenvalue weighted by atomic mass is 32.2. The van der Waals surface area contributed by atoms with Crippen LogP contribution in [0.1, 0.15) is 17.3 Å². The van der Waals surface area contributed by atoms with Crippen LogP contribution in [0, 0.1) is 0 Å². The molecule has 0 radical (unpaired) electrons. The molecule has 0 bridgehead atoms. The molecule has 0 saturated carbocycles. The van der Waals surface area contributed by atoms with Gasteiger partial charge >= 0.3 is 0 Å². The highest BCUT2D eigenvalue weighted by Gasteiger charge is 2.09. The first-order chi connectivity index (χ1) is 7.94. The van der Waals surface area contributed by atoms with E-state index in [0.717, 1.165) is 0 Å². The van der Waals surface area contributed by atoms with Gasteiger partial charge in [0.2, 0.25) is 5.56 Å². The van der Waals surface area contributed by atoms with Crippen LogP contribution in [0.3, 0.4) is 0 Å². The van der Waals surface area contributed by atoms with Crippen LogP contribution in [-0.4, -0.2) is 37.4 Å². The zero-order valence-electron chi connectivity index (χ0n) is 9.39. The first-order valence-electron chi connectivity index (χ1n) is 5.12. The average molecular weight is 258 g/mol.